The Labute approximate surface area is 158 Å². The molecule has 0 radical (unpaired) electrons. The number of hydrogen-bond donors (Lipinski definition) is 0. The third-order valence-electron chi connectivity index (χ3n) is 4.65. The normalized spacial score (nSPS) is 16.2. The fourth-order valence-corrected chi connectivity index (χ4v) is 3.77. The number of unbranched alkanes of at least 4 members (excludes halogenated alkanes) is 6. The molecule has 4 nitrogen and oxygen atoms in total. The third-order valence-corrected chi connectivity index (χ3v) is 5.21. The van der Waals surface area contributed by atoms with Crippen LogP contribution in [0.3, 0.4) is 0 Å². The summed E-state index contributed by atoms with van der Waals surface area (Å²) in [5.41, 5.74) is 1.23. The van der Waals surface area contributed by atoms with Gasteiger partial charge in [-0.3, -0.25) is 14.4 Å². The van der Waals surface area contributed by atoms with Gasteiger partial charge in [0.05, 0.1) is 5.69 Å². The van der Waals surface area contributed by atoms with Gasteiger partial charge in [0, 0.05) is 18.7 Å². The average Bonchev–Trinajstić information content (AvgIpc) is 2.89. The van der Waals surface area contributed by atoms with E-state index in [9.17, 15) is 14.4 Å². The Balaban J connectivity index is 1.85. The Morgan fingerprint density at radius 1 is 1.00 bits per heavy atom. The lowest BCUT2D eigenvalue weighted by atomic mass is 9.93. The van der Waals surface area contributed by atoms with E-state index in [4.69, 9.17) is 0 Å². The van der Waals surface area contributed by atoms with Gasteiger partial charge < -0.3 is 0 Å². The molecule has 0 saturated carbocycles. The fraction of sp³-hybridized carbons (Fsp3) is 0.550. The maximum Gasteiger partial charge on any atom is 0.248 e. The number of Topliss-reactive ketones (excluding diaryl/α,β-unsaturated/α-hetero) is 1. The Hall–Kier alpha value is -1.49. The van der Waals surface area contributed by atoms with Crippen molar-refractivity contribution in [2.75, 3.05) is 10.2 Å². The van der Waals surface area contributed by atoms with Crippen LogP contribution in [0.1, 0.15) is 69.8 Å². The molecule has 0 fully saturated rings. The molecule has 2 amide bonds. The van der Waals surface area contributed by atoms with E-state index in [0.29, 0.717) is 17.7 Å². The number of hydrogen-bond acceptors (Lipinski definition) is 3. The number of ketones is 1. The van der Waals surface area contributed by atoms with Gasteiger partial charge in [0.2, 0.25) is 11.8 Å². The van der Waals surface area contributed by atoms with Gasteiger partial charge in [0.15, 0.2) is 0 Å². The van der Waals surface area contributed by atoms with Crippen molar-refractivity contribution < 1.29 is 14.4 Å². The third kappa shape index (κ3) is 5.00. The largest absolute Gasteiger partial charge is 0.298 e. The van der Waals surface area contributed by atoms with E-state index in [0.717, 1.165) is 29.5 Å². The van der Waals surface area contributed by atoms with Crippen LogP contribution in [0.2, 0.25) is 0 Å². The lowest BCUT2D eigenvalue weighted by Gasteiger charge is -2.13. The molecule has 0 spiro atoms. The number of anilines is 1. The Morgan fingerprint density at radius 3 is 2.24 bits per heavy atom. The van der Waals surface area contributed by atoms with E-state index in [1.54, 1.807) is 18.2 Å². The molecule has 5 heteroatoms. The van der Waals surface area contributed by atoms with Gasteiger partial charge in [-0.15, -0.1) is 0 Å². The molecule has 0 aromatic heterocycles. The van der Waals surface area contributed by atoms with Crippen molar-refractivity contribution in [3.8, 4) is 0 Å². The summed E-state index contributed by atoms with van der Waals surface area (Å²) in [5, 5.41) is 1.07. The number of para-hydroxylation sites is 1. The minimum atomic E-state index is -0.806. The van der Waals surface area contributed by atoms with Crippen molar-refractivity contribution in [1.82, 2.24) is 0 Å². The fourth-order valence-electron chi connectivity index (χ4n) is 3.37. The number of rotatable bonds is 10. The number of imide groups is 1. The van der Waals surface area contributed by atoms with E-state index >= 15 is 0 Å². The zero-order valence-electron chi connectivity index (χ0n) is 14.8. The van der Waals surface area contributed by atoms with Crippen molar-refractivity contribution >= 4 is 39.2 Å². The molecule has 0 saturated heterocycles. The number of nitrogens with zero attached hydrogens (tertiary/aromatic N) is 1. The van der Waals surface area contributed by atoms with Gasteiger partial charge in [0.25, 0.3) is 0 Å². The molecule has 1 aromatic rings. The Morgan fingerprint density at radius 2 is 1.60 bits per heavy atom. The number of carbonyl (C=O) groups is 3. The summed E-state index contributed by atoms with van der Waals surface area (Å²) >= 11 is 3.43. The Kier molecular flexibility index (Phi) is 7.82. The number of benzene rings is 1. The maximum atomic E-state index is 12.6. The SMILES string of the molecule is CC(=O)N1C(=O)C(C(=O)CCCCCCCCCBr)c2ccccc21. The van der Waals surface area contributed by atoms with Gasteiger partial charge >= 0.3 is 0 Å². The summed E-state index contributed by atoms with van der Waals surface area (Å²) < 4.78 is 0. The minimum absolute atomic E-state index is 0.0690. The van der Waals surface area contributed by atoms with Crippen molar-refractivity contribution in [2.24, 2.45) is 0 Å². The number of halogens is 1. The number of amides is 2. The minimum Gasteiger partial charge on any atom is -0.298 e. The molecule has 1 heterocycles. The van der Waals surface area contributed by atoms with E-state index < -0.39 is 11.8 Å². The van der Waals surface area contributed by atoms with Crippen LogP contribution in [0.25, 0.3) is 0 Å². The summed E-state index contributed by atoms with van der Waals surface area (Å²) in [6.45, 7) is 1.36. The molecule has 1 aliphatic rings. The van der Waals surface area contributed by atoms with Crippen LogP contribution in [0.15, 0.2) is 24.3 Å². The zero-order valence-corrected chi connectivity index (χ0v) is 16.4. The van der Waals surface area contributed by atoms with Crippen LogP contribution in [-0.4, -0.2) is 22.9 Å². The van der Waals surface area contributed by atoms with Crippen LogP contribution in [-0.2, 0) is 14.4 Å². The predicted molar refractivity (Wildman–Crippen MR) is 103 cm³/mol. The molecule has 25 heavy (non-hydrogen) atoms. The first-order chi connectivity index (χ1) is 12.1. The first-order valence-corrected chi connectivity index (χ1v) is 10.2. The van der Waals surface area contributed by atoms with Crippen molar-refractivity contribution in [3.63, 3.8) is 0 Å². The molecule has 0 N–H and O–H groups in total. The molecular weight excluding hydrogens is 382 g/mol. The molecule has 0 bridgehead atoms. The first kappa shape index (κ1) is 19.8. The maximum absolute atomic E-state index is 12.6. The smallest absolute Gasteiger partial charge is 0.248 e. The van der Waals surface area contributed by atoms with Crippen molar-refractivity contribution in [1.29, 1.82) is 0 Å². The zero-order chi connectivity index (χ0) is 18.2. The lowest BCUT2D eigenvalue weighted by Crippen LogP contribution is -2.35. The highest BCUT2D eigenvalue weighted by atomic mass is 79.9. The Bertz CT molecular complexity index is 629. The standard InChI is InChI=1S/C20H26BrNO3/c1-15(23)22-17-12-9-8-11-16(17)19(20(22)25)18(24)13-7-5-3-2-4-6-10-14-21/h8-9,11-12,19H,2-7,10,13-14H2,1H3. The second-order valence-corrected chi connectivity index (χ2v) is 7.36. The van der Waals surface area contributed by atoms with Gasteiger partial charge in [-0.25, -0.2) is 4.90 Å². The summed E-state index contributed by atoms with van der Waals surface area (Å²) in [7, 11) is 0. The second kappa shape index (κ2) is 9.85. The number of fused-ring (bicyclic) bond motifs is 1. The molecule has 136 valence electrons. The molecule has 0 aliphatic carbocycles. The van der Waals surface area contributed by atoms with Crippen LogP contribution in [0.5, 0.6) is 0 Å². The average molecular weight is 408 g/mol. The van der Waals surface area contributed by atoms with E-state index in [-0.39, 0.29) is 11.7 Å². The first-order valence-electron chi connectivity index (χ1n) is 9.10. The summed E-state index contributed by atoms with van der Waals surface area (Å²) in [6.07, 6.45) is 8.25. The van der Waals surface area contributed by atoms with Crippen LogP contribution < -0.4 is 4.90 Å². The molecule has 1 unspecified atom stereocenters. The van der Waals surface area contributed by atoms with Gasteiger partial charge in [-0.05, 0) is 24.5 Å². The van der Waals surface area contributed by atoms with Gasteiger partial charge in [0.1, 0.15) is 11.7 Å². The van der Waals surface area contributed by atoms with E-state index in [1.165, 1.54) is 32.6 Å². The van der Waals surface area contributed by atoms with Crippen molar-refractivity contribution in [3.05, 3.63) is 29.8 Å². The monoisotopic (exact) mass is 407 g/mol. The van der Waals surface area contributed by atoms with Crippen LogP contribution >= 0.6 is 15.9 Å². The molecule has 1 atom stereocenters. The summed E-state index contributed by atoms with van der Waals surface area (Å²) in [4.78, 5) is 38.1. The number of alkyl halides is 1. The topological polar surface area (TPSA) is 54.5 Å². The highest BCUT2D eigenvalue weighted by Gasteiger charge is 2.42. The molecule has 1 aliphatic heterocycles. The quantitative estimate of drug-likeness (QED) is 0.319. The lowest BCUT2D eigenvalue weighted by molar-refractivity contribution is -0.130. The van der Waals surface area contributed by atoms with Gasteiger partial charge in [-0.2, -0.15) is 0 Å². The number of carbonyl (C=O) groups excluding carboxylic acids is 3. The highest BCUT2D eigenvalue weighted by Crippen LogP contribution is 2.38. The summed E-state index contributed by atoms with van der Waals surface area (Å²) in [6, 6.07) is 7.10. The van der Waals surface area contributed by atoms with E-state index in [1.807, 2.05) is 6.07 Å². The summed E-state index contributed by atoms with van der Waals surface area (Å²) in [5.74, 6) is -1.61. The molecule has 1 aromatic carbocycles. The molecular formula is C20H26BrNO3. The van der Waals surface area contributed by atoms with Crippen molar-refractivity contribution in [2.45, 2.75) is 64.2 Å². The molecule has 2 rings (SSSR count). The van der Waals surface area contributed by atoms with E-state index in [2.05, 4.69) is 15.9 Å². The van der Waals surface area contributed by atoms with Crippen LogP contribution in [0, 0.1) is 0 Å². The second-order valence-electron chi connectivity index (χ2n) is 6.56. The van der Waals surface area contributed by atoms with Gasteiger partial charge in [-0.1, -0.05) is 66.2 Å². The predicted octanol–water partition coefficient (Wildman–Crippen LogP) is 4.75. The highest BCUT2D eigenvalue weighted by molar-refractivity contribution is 9.09. The van der Waals surface area contributed by atoms with Crippen LogP contribution in [0.4, 0.5) is 5.69 Å².